The summed E-state index contributed by atoms with van der Waals surface area (Å²) in [6.45, 7) is 1.71. The molecule has 1 fully saturated rings. The van der Waals surface area contributed by atoms with Gasteiger partial charge in [-0.05, 0) is 36.2 Å². The Kier molecular flexibility index (Phi) is 5.40. The minimum absolute atomic E-state index is 0.234. The highest BCUT2D eigenvalue weighted by Crippen LogP contribution is 2.47. The summed E-state index contributed by atoms with van der Waals surface area (Å²) in [5.74, 6) is -0.915. The van der Waals surface area contributed by atoms with Gasteiger partial charge in [-0.1, -0.05) is 60.1 Å². The zero-order chi connectivity index (χ0) is 21.3. The number of amides is 1. The maximum absolute atomic E-state index is 13.5. The number of para-hydroxylation sites is 1. The van der Waals surface area contributed by atoms with Crippen LogP contribution >= 0.6 is 11.6 Å². The van der Waals surface area contributed by atoms with E-state index in [2.05, 4.69) is 0 Å². The Morgan fingerprint density at radius 1 is 0.968 bits per heavy atom. The van der Waals surface area contributed by atoms with Gasteiger partial charge in [-0.15, -0.1) is 0 Å². The average molecular weight is 436 g/mol. The van der Waals surface area contributed by atoms with E-state index in [0.29, 0.717) is 37.0 Å². The van der Waals surface area contributed by atoms with Gasteiger partial charge in [0.15, 0.2) is 0 Å². The van der Waals surface area contributed by atoms with Crippen LogP contribution in [0.25, 0.3) is 0 Å². The van der Waals surface area contributed by atoms with E-state index in [1.165, 1.54) is 0 Å². The molecule has 2 aliphatic rings. The number of hydrogen-bond donors (Lipinski definition) is 0. The number of nitrogens with zero attached hydrogens (tertiary/aromatic N) is 1. The van der Waals surface area contributed by atoms with Crippen molar-refractivity contribution in [2.24, 2.45) is 0 Å². The number of benzene rings is 3. The van der Waals surface area contributed by atoms with Crippen molar-refractivity contribution in [1.82, 2.24) is 0 Å². The fourth-order valence-electron chi connectivity index (χ4n) is 4.06. The van der Waals surface area contributed by atoms with Crippen molar-refractivity contribution in [2.75, 3.05) is 18.1 Å². The summed E-state index contributed by atoms with van der Waals surface area (Å²) in [5, 5.41) is 0.539. The Labute approximate surface area is 186 Å². The molecule has 3 aromatic rings. The zero-order valence-electron chi connectivity index (χ0n) is 16.9. The van der Waals surface area contributed by atoms with E-state index in [1.54, 1.807) is 17.0 Å². The van der Waals surface area contributed by atoms with Crippen LogP contribution in [0, 0.1) is 0 Å². The molecule has 158 valence electrons. The molecule has 1 amide bonds. The second kappa shape index (κ2) is 8.35. The van der Waals surface area contributed by atoms with Crippen LogP contribution in [-0.2, 0) is 33.2 Å². The highest BCUT2D eigenvalue weighted by Gasteiger charge is 2.55. The van der Waals surface area contributed by atoms with Crippen LogP contribution in [0.3, 0.4) is 0 Å². The first-order valence-corrected chi connectivity index (χ1v) is 10.7. The molecule has 2 aliphatic heterocycles. The van der Waals surface area contributed by atoms with E-state index in [4.69, 9.17) is 25.8 Å². The Balaban J connectivity index is 1.45. The lowest BCUT2D eigenvalue weighted by Gasteiger charge is -2.32. The van der Waals surface area contributed by atoms with Crippen LogP contribution in [0.5, 0.6) is 5.75 Å². The molecule has 0 radical (unpaired) electrons. The maximum atomic E-state index is 13.5. The average Bonchev–Trinajstić information content (AvgIpc) is 3.02. The maximum Gasteiger partial charge on any atom is 0.292 e. The van der Waals surface area contributed by atoms with Crippen LogP contribution in [0.15, 0.2) is 72.8 Å². The third-order valence-corrected chi connectivity index (χ3v) is 5.80. The molecule has 0 unspecified atom stereocenters. The summed E-state index contributed by atoms with van der Waals surface area (Å²) in [7, 11) is 0. The highest BCUT2D eigenvalue weighted by molar-refractivity contribution is 6.31. The van der Waals surface area contributed by atoms with Gasteiger partial charge in [-0.3, -0.25) is 4.79 Å². The second-order valence-corrected chi connectivity index (χ2v) is 8.04. The van der Waals surface area contributed by atoms with Gasteiger partial charge in [-0.25, -0.2) is 0 Å². The standard InChI is InChI=1S/C25H22ClNO4/c26-20-11-12-22-21(15-20)25(30-13-6-14-31-25)24(28)27(22)16-19-9-4-5-10-23(19)29-17-18-7-2-1-3-8-18/h1-5,7-12,15H,6,13-14,16-17H2. The number of hydrogen-bond acceptors (Lipinski definition) is 4. The van der Waals surface area contributed by atoms with E-state index < -0.39 is 5.79 Å². The minimum Gasteiger partial charge on any atom is -0.489 e. The Bertz CT molecular complexity index is 1100. The third kappa shape index (κ3) is 3.69. The Morgan fingerprint density at radius 2 is 1.71 bits per heavy atom. The molecular weight excluding hydrogens is 414 g/mol. The molecule has 0 aliphatic carbocycles. The predicted molar refractivity (Wildman–Crippen MR) is 118 cm³/mol. The van der Waals surface area contributed by atoms with Crippen LogP contribution in [0.2, 0.25) is 5.02 Å². The van der Waals surface area contributed by atoms with Gasteiger partial charge in [0.25, 0.3) is 11.7 Å². The number of carbonyl (C=O) groups is 1. The van der Waals surface area contributed by atoms with Crippen molar-refractivity contribution in [3.8, 4) is 5.75 Å². The molecule has 0 aromatic heterocycles. The molecule has 0 saturated carbocycles. The van der Waals surface area contributed by atoms with E-state index in [1.807, 2.05) is 60.7 Å². The molecule has 5 nitrogen and oxygen atoms in total. The lowest BCUT2D eigenvalue weighted by molar-refractivity contribution is -0.256. The van der Waals surface area contributed by atoms with Crippen molar-refractivity contribution in [3.05, 3.63) is 94.5 Å². The normalized spacial score (nSPS) is 17.1. The number of fused-ring (bicyclic) bond motifs is 2. The Hall–Kier alpha value is -2.86. The summed E-state index contributed by atoms with van der Waals surface area (Å²) in [6, 6.07) is 23.1. The number of carbonyl (C=O) groups excluding carboxylic acids is 1. The van der Waals surface area contributed by atoms with Gasteiger partial charge >= 0.3 is 0 Å². The summed E-state index contributed by atoms with van der Waals surface area (Å²) in [4.78, 5) is 15.2. The first-order valence-electron chi connectivity index (χ1n) is 10.3. The van der Waals surface area contributed by atoms with Crippen molar-refractivity contribution in [1.29, 1.82) is 0 Å². The monoisotopic (exact) mass is 435 g/mol. The fraction of sp³-hybridized carbons (Fsp3) is 0.240. The third-order valence-electron chi connectivity index (χ3n) is 5.57. The largest absolute Gasteiger partial charge is 0.489 e. The van der Waals surface area contributed by atoms with Crippen molar-refractivity contribution in [2.45, 2.75) is 25.4 Å². The van der Waals surface area contributed by atoms with Gasteiger partial charge < -0.3 is 19.1 Å². The van der Waals surface area contributed by atoms with Crippen LogP contribution in [0.4, 0.5) is 5.69 Å². The Morgan fingerprint density at radius 3 is 2.52 bits per heavy atom. The van der Waals surface area contributed by atoms with E-state index in [9.17, 15) is 4.79 Å². The molecule has 0 atom stereocenters. The minimum atomic E-state index is -1.42. The van der Waals surface area contributed by atoms with Crippen LogP contribution in [-0.4, -0.2) is 19.1 Å². The second-order valence-electron chi connectivity index (χ2n) is 7.60. The molecule has 1 saturated heterocycles. The number of halogens is 1. The quantitative estimate of drug-likeness (QED) is 0.562. The van der Waals surface area contributed by atoms with E-state index in [0.717, 1.165) is 29.0 Å². The molecule has 0 bridgehead atoms. The SMILES string of the molecule is O=C1N(Cc2ccccc2OCc2ccccc2)c2ccc(Cl)cc2C12OCCCO2. The van der Waals surface area contributed by atoms with E-state index in [-0.39, 0.29) is 5.91 Å². The predicted octanol–water partition coefficient (Wildman–Crippen LogP) is 5.06. The first kappa shape index (κ1) is 20.1. The molecular formula is C25H22ClNO4. The molecule has 6 heteroatoms. The smallest absolute Gasteiger partial charge is 0.292 e. The van der Waals surface area contributed by atoms with Gasteiger partial charge in [0.2, 0.25) is 0 Å². The van der Waals surface area contributed by atoms with Gasteiger partial charge in [0.05, 0.1) is 25.4 Å². The van der Waals surface area contributed by atoms with E-state index >= 15 is 0 Å². The molecule has 5 rings (SSSR count). The van der Waals surface area contributed by atoms with Crippen molar-refractivity contribution >= 4 is 23.2 Å². The number of rotatable bonds is 5. The zero-order valence-corrected chi connectivity index (χ0v) is 17.7. The van der Waals surface area contributed by atoms with Crippen LogP contribution in [0.1, 0.15) is 23.1 Å². The summed E-state index contributed by atoms with van der Waals surface area (Å²) in [6.07, 6.45) is 0.751. The topological polar surface area (TPSA) is 48.0 Å². The van der Waals surface area contributed by atoms with Gasteiger partial charge in [0.1, 0.15) is 12.4 Å². The van der Waals surface area contributed by atoms with Gasteiger partial charge in [0, 0.05) is 16.1 Å². The number of ether oxygens (including phenoxy) is 3. The number of anilines is 1. The van der Waals surface area contributed by atoms with Crippen molar-refractivity contribution in [3.63, 3.8) is 0 Å². The molecule has 31 heavy (non-hydrogen) atoms. The van der Waals surface area contributed by atoms with Gasteiger partial charge in [-0.2, -0.15) is 0 Å². The van der Waals surface area contributed by atoms with Crippen molar-refractivity contribution < 1.29 is 19.0 Å². The molecule has 2 heterocycles. The lowest BCUT2D eigenvalue weighted by Crippen LogP contribution is -2.47. The summed E-state index contributed by atoms with van der Waals surface area (Å²) >= 11 is 6.25. The lowest BCUT2D eigenvalue weighted by atomic mass is 10.1. The highest BCUT2D eigenvalue weighted by atomic mass is 35.5. The summed E-state index contributed by atoms with van der Waals surface area (Å²) in [5.41, 5.74) is 3.39. The molecule has 1 spiro atoms. The first-order chi connectivity index (χ1) is 15.2. The van der Waals surface area contributed by atoms with Crippen LogP contribution < -0.4 is 9.64 Å². The molecule has 0 N–H and O–H groups in total. The molecule has 3 aromatic carbocycles. The fourth-order valence-corrected chi connectivity index (χ4v) is 4.23. The summed E-state index contributed by atoms with van der Waals surface area (Å²) < 4.78 is 17.9.